The van der Waals surface area contributed by atoms with Crippen LogP contribution in [0.25, 0.3) is 0 Å². The van der Waals surface area contributed by atoms with Gasteiger partial charge in [-0.1, -0.05) is 32.9 Å². The van der Waals surface area contributed by atoms with Gasteiger partial charge in [0.1, 0.15) is 5.82 Å². The molecule has 0 aliphatic carbocycles. The highest BCUT2D eigenvalue weighted by molar-refractivity contribution is 7.11. The van der Waals surface area contributed by atoms with Crippen molar-refractivity contribution in [3.8, 4) is 0 Å². The summed E-state index contributed by atoms with van der Waals surface area (Å²) < 4.78 is 13.2. The van der Waals surface area contributed by atoms with Gasteiger partial charge in [0, 0.05) is 28.8 Å². The SMILES string of the molecule is CCCN(CC(=O)N(Cc1ccc(F)cc1)Cc1ccc(C)s1)C(=O)C(C)C. The number of aryl methyl sites for hydroxylation is 1. The van der Waals surface area contributed by atoms with E-state index in [0.717, 1.165) is 16.9 Å². The second kappa shape index (κ2) is 10.4. The van der Waals surface area contributed by atoms with Crippen LogP contribution < -0.4 is 0 Å². The van der Waals surface area contributed by atoms with Crippen molar-refractivity contribution in [2.75, 3.05) is 13.1 Å². The molecule has 2 rings (SSSR count). The Labute approximate surface area is 171 Å². The summed E-state index contributed by atoms with van der Waals surface area (Å²) in [5.41, 5.74) is 0.861. The van der Waals surface area contributed by atoms with E-state index in [9.17, 15) is 14.0 Å². The maximum Gasteiger partial charge on any atom is 0.242 e. The largest absolute Gasteiger partial charge is 0.333 e. The van der Waals surface area contributed by atoms with E-state index in [1.165, 1.54) is 17.0 Å². The van der Waals surface area contributed by atoms with Gasteiger partial charge < -0.3 is 9.80 Å². The van der Waals surface area contributed by atoms with Crippen LogP contribution in [0.15, 0.2) is 36.4 Å². The zero-order chi connectivity index (χ0) is 20.7. The molecule has 2 aromatic rings. The third-order valence-corrected chi connectivity index (χ3v) is 5.39. The van der Waals surface area contributed by atoms with E-state index >= 15 is 0 Å². The molecule has 0 saturated carbocycles. The van der Waals surface area contributed by atoms with Gasteiger partial charge in [0.05, 0.1) is 13.1 Å². The standard InChI is InChI=1S/C22H29FN2O2S/c1-5-12-24(22(27)16(2)3)15-21(26)25(14-20-11-6-17(4)28-20)13-18-7-9-19(23)10-8-18/h6-11,16H,5,12-15H2,1-4H3. The van der Waals surface area contributed by atoms with Crippen molar-refractivity contribution in [1.29, 1.82) is 0 Å². The first kappa shape index (κ1) is 22.1. The highest BCUT2D eigenvalue weighted by atomic mass is 32.1. The van der Waals surface area contributed by atoms with Crippen LogP contribution in [-0.4, -0.2) is 34.7 Å². The van der Waals surface area contributed by atoms with E-state index in [0.29, 0.717) is 19.6 Å². The molecule has 0 bridgehead atoms. The van der Waals surface area contributed by atoms with Gasteiger partial charge in [0.2, 0.25) is 11.8 Å². The van der Waals surface area contributed by atoms with Crippen molar-refractivity contribution < 1.29 is 14.0 Å². The lowest BCUT2D eigenvalue weighted by Crippen LogP contribution is -2.44. The predicted octanol–water partition coefficient (Wildman–Crippen LogP) is 4.62. The lowest BCUT2D eigenvalue weighted by Gasteiger charge is -2.28. The Morgan fingerprint density at radius 1 is 1.04 bits per heavy atom. The number of carbonyl (C=O) groups excluding carboxylic acids is 2. The fourth-order valence-corrected chi connectivity index (χ4v) is 3.87. The summed E-state index contributed by atoms with van der Waals surface area (Å²) >= 11 is 1.65. The average Bonchev–Trinajstić information content (AvgIpc) is 3.06. The summed E-state index contributed by atoms with van der Waals surface area (Å²) in [6.45, 7) is 9.21. The number of carbonyl (C=O) groups is 2. The summed E-state index contributed by atoms with van der Waals surface area (Å²) in [4.78, 5) is 31.2. The smallest absolute Gasteiger partial charge is 0.242 e. The van der Waals surface area contributed by atoms with Crippen LogP contribution in [0.2, 0.25) is 0 Å². The Morgan fingerprint density at radius 3 is 2.25 bits per heavy atom. The lowest BCUT2D eigenvalue weighted by molar-refractivity contribution is -0.143. The molecule has 0 aliphatic rings. The molecule has 0 spiro atoms. The van der Waals surface area contributed by atoms with E-state index in [1.54, 1.807) is 33.3 Å². The Bertz CT molecular complexity index is 786. The molecule has 6 heteroatoms. The number of thiophene rings is 1. The zero-order valence-corrected chi connectivity index (χ0v) is 17.9. The third-order valence-electron chi connectivity index (χ3n) is 4.41. The summed E-state index contributed by atoms with van der Waals surface area (Å²) in [6.07, 6.45) is 0.799. The molecule has 1 aromatic carbocycles. The second-order valence-electron chi connectivity index (χ2n) is 7.30. The molecular formula is C22H29FN2O2S. The van der Waals surface area contributed by atoms with Gasteiger partial charge in [-0.2, -0.15) is 0 Å². The molecular weight excluding hydrogens is 375 g/mol. The molecule has 0 fully saturated rings. The number of nitrogens with zero attached hydrogens (tertiary/aromatic N) is 2. The van der Waals surface area contributed by atoms with Gasteiger partial charge >= 0.3 is 0 Å². The van der Waals surface area contributed by atoms with Crippen LogP contribution in [0.3, 0.4) is 0 Å². The molecule has 0 aliphatic heterocycles. The van der Waals surface area contributed by atoms with Gasteiger partial charge in [-0.05, 0) is 43.2 Å². The van der Waals surface area contributed by atoms with Crippen LogP contribution in [0, 0.1) is 18.7 Å². The molecule has 0 atom stereocenters. The van der Waals surface area contributed by atoms with Crippen LogP contribution in [0.1, 0.15) is 42.5 Å². The summed E-state index contributed by atoms with van der Waals surface area (Å²) in [5.74, 6) is -0.557. The maximum atomic E-state index is 13.2. The number of halogens is 1. The van der Waals surface area contributed by atoms with Crippen molar-refractivity contribution in [2.45, 2.75) is 47.2 Å². The van der Waals surface area contributed by atoms with Crippen LogP contribution in [0.5, 0.6) is 0 Å². The highest BCUT2D eigenvalue weighted by Gasteiger charge is 2.23. The van der Waals surface area contributed by atoms with Crippen LogP contribution in [0.4, 0.5) is 4.39 Å². The minimum Gasteiger partial charge on any atom is -0.333 e. The number of rotatable bonds is 9. The van der Waals surface area contributed by atoms with Crippen molar-refractivity contribution in [2.24, 2.45) is 5.92 Å². The summed E-state index contributed by atoms with van der Waals surface area (Å²) in [5, 5.41) is 0. The first-order valence-electron chi connectivity index (χ1n) is 9.66. The van der Waals surface area contributed by atoms with Gasteiger partial charge in [-0.3, -0.25) is 9.59 Å². The fraction of sp³-hybridized carbons (Fsp3) is 0.455. The Morgan fingerprint density at radius 2 is 1.71 bits per heavy atom. The summed E-state index contributed by atoms with van der Waals surface area (Å²) in [6, 6.07) is 10.2. The molecule has 28 heavy (non-hydrogen) atoms. The topological polar surface area (TPSA) is 40.6 Å². The van der Waals surface area contributed by atoms with Gasteiger partial charge in [0.25, 0.3) is 0 Å². The molecule has 0 radical (unpaired) electrons. The number of hydrogen-bond donors (Lipinski definition) is 0. The Hall–Kier alpha value is -2.21. The number of amides is 2. The van der Waals surface area contributed by atoms with Gasteiger partial charge in [0.15, 0.2) is 0 Å². The Kier molecular flexibility index (Phi) is 8.18. The molecule has 2 amide bonds. The normalized spacial score (nSPS) is 10.9. The van der Waals surface area contributed by atoms with E-state index < -0.39 is 0 Å². The van der Waals surface area contributed by atoms with Gasteiger partial charge in [-0.15, -0.1) is 11.3 Å². The quantitative estimate of drug-likeness (QED) is 0.612. The third kappa shape index (κ3) is 6.44. The number of benzene rings is 1. The van der Waals surface area contributed by atoms with E-state index in [1.807, 2.05) is 39.8 Å². The molecule has 1 heterocycles. The van der Waals surface area contributed by atoms with Gasteiger partial charge in [-0.25, -0.2) is 4.39 Å². The maximum absolute atomic E-state index is 13.2. The molecule has 0 unspecified atom stereocenters. The van der Waals surface area contributed by atoms with Crippen molar-refractivity contribution in [3.63, 3.8) is 0 Å². The van der Waals surface area contributed by atoms with Crippen molar-refractivity contribution in [1.82, 2.24) is 9.80 Å². The summed E-state index contributed by atoms with van der Waals surface area (Å²) in [7, 11) is 0. The minimum absolute atomic E-state index is 0.0103. The molecule has 152 valence electrons. The predicted molar refractivity (Wildman–Crippen MR) is 111 cm³/mol. The highest BCUT2D eigenvalue weighted by Crippen LogP contribution is 2.19. The first-order valence-corrected chi connectivity index (χ1v) is 10.5. The average molecular weight is 405 g/mol. The molecule has 0 N–H and O–H groups in total. The number of hydrogen-bond acceptors (Lipinski definition) is 3. The first-order chi connectivity index (χ1) is 13.3. The lowest BCUT2D eigenvalue weighted by atomic mass is 10.1. The monoisotopic (exact) mass is 404 g/mol. The van der Waals surface area contributed by atoms with E-state index in [2.05, 4.69) is 0 Å². The van der Waals surface area contributed by atoms with E-state index in [-0.39, 0.29) is 30.1 Å². The van der Waals surface area contributed by atoms with Crippen LogP contribution in [-0.2, 0) is 22.7 Å². The Balaban J connectivity index is 2.18. The van der Waals surface area contributed by atoms with Crippen LogP contribution >= 0.6 is 11.3 Å². The fourth-order valence-electron chi connectivity index (χ4n) is 2.97. The van der Waals surface area contributed by atoms with Crippen molar-refractivity contribution in [3.05, 3.63) is 57.5 Å². The zero-order valence-electron chi connectivity index (χ0n) is 17.1. The second-order valence-corrected chi connectivity index (χ2v) is 8.68. The van der Waals surface area contributed by atoms with Crippen molar-refractivity contribution >= 4 is 23.2 Å². The minimum atomic E-state index is -0.299. The molecule has 0 saturated heterocycles. The van der Waals surface area contributed by atoms with E-state index in [4.69, 9.17) is 0 Å². The molecule has 4 nitrogen and oxygen atoms in total. The molecule has 1 aromatic heterocycles.